The van der Waals surface area contributed by atoms with Crippen molar-refractivity contribution in [3.63, 3.8) is 0 Å². The number of hydrogen-bond donors (Lipinski definition) is 2. The number of aromatic hydroxyl groups is 1. The third-order valence-electron chi connectivity index (χ3n) is 6.66. The number of amides is 1. The van der Waals surface area contributed by atoms with Gasteiger partial charge in [0.2, 0.25) is 5.91 Å². The number of carbonyl (C=O) groups excluding carboxylic acids is 1. The zero-order valence-corrected chi connectivity index (χ0v) is 19.6. The van der Waals surface area contributed by atoms with Gasteiger partial charge in [0.05, 0.1) is 6.10 Å². The number of carbonyl (C=O) groups is 1. The number of hydrogen-bond acceptors (Lipinski definition) is 5. The molecule has 0 bridgehead atoms. The van der Waals surface area contributed by atoms with Crippen LogP contribution in [-0.4, -0.2) is 59.9 Å². The van der Waals surface area contributed by atoms with Crippen LogP contribution in [-0.2, 0) is 11.2 Å². The second kappa shape index (κ2) is 11.0. The number of nitrogens with zero attached hydrogens (tertiary/aromatic N) is 2. The molecule has 2 aliphatic heterocycles. The molecule has 6 heteroatoms. The number of likely N-dealkylation sites (tertiary alicyclic amines) is 1. The van der Waals surface area contributed by atoms with Gasteiger partial charge in [0.15, 0.2) is 0 Å². The van der Waals surface area contributed by atoms with Gasteiger partial charge >= 0.3 is 0 Å². The Hall–Kier alpha value is -2.57. The van der Waals surface area contributed by atoms with E-state index in [9.17, 15) is 9.90 Å². The van der Waals surface area contributed by atoms with Crippen LogP contribution in [0.15, 0.2) is 42.5 Å². The topological polar surface area (TPSA) is 73.2 Å². The molecule has 2 aromatic rings. The maximum atomic E-state index is 11.9. The molecule has 2 heterocycles. The second-order valence-corrected chi connectivity index (χ2v) is 9.25. The summed E-state index contributed by atoms with van der Waals surface area (Å²) in [5, 5.41) is 18.5. The minimum Gasteiger partial charge on any atom is -0.508 e. The number of phenols is 1. The Morgan fingerprint density at radius 3 is 2.45 bits per heavy atom. The van der Waals surface area contributed by atoms with Gasteiger partial charge in [0, 0.05) is 38.3 Å². The van der Waals surface area contributed by atoms with Crippen molar-refractivity contribution in [2.24, 2.45) is 0 Å². The van der Waals surface area contributed by atoms with Crippen LogP contribution in [0, 0.1) is 0 Å². The standard InChI is InChI=1S/C18H26N2O3.C9H10O/c1-2-14-12-15(20-8-3-4-18(20)22)5-6-17(14)23-11-10-19-9-7-16(21)13-19;10-9-5-3-8(4-6-9)7-1-2-7/h5-6,12,16,21H,2-4,7-11,13H2,1H3;3-7,10H,1-2H2/t16-;/m0./s1. The fourth-order valence-corrected chi connectivity index (χ4v) is 4.54. The van der Waals surface area contributed by atoms with Crippen LogP contribution in [0.25, 0.3) is 0 Å². The first kappa shape index (κ1) is 23.6. The van der Waals surface area contributed by atoms with E-state index in [1.807, 2.05) is 29.2 Å². The third kappa shape index (κ3) is 6.49. The predicted molar refractivity (Wildman–Crippen MR) is 130 cm³/mol. The highest BCUT2D eigenvalue weighted by molar-refractivity contribution is 5.95. The number of aliphatic hydroxyl groups excluding tert-OH is 1. The summed E-state index contributed by atoms with van der Waals surface area (Å²) >= 11 is 0. The highest BCUT2D eigenvalue weighted by atomic mass is 16.5. The Kier molecular flexibility index (Phi) is 7.89. The first-order valence-electron chi connectivity index (χ1n) is 12.3. The molecule has 0 radical (unpaired) electrons. The largest absolute Gasteiger partial charge is 0.508 e. The van der Waals surface area contributed by atoms with E-state index in [0.29, 0.717) is 18.8 Å². The molecule has 33 heavy (non-hydrogen) atoms. The SMILES string of the molecule is CCc1cc(N2CCCC2=O)ccc1OCCN1CC[C@H](O)C1.Oc1ccc(C2CC2)cc1. The van der Waals surface area contributed by atoms with E-state index in [4.69, 9.17) is 9.84 Å². The molecule has 0 aromatic heterocycles. The summed E-state index contributed by atoms with van der Waals surface area (Å²) in [5.41, 5.74) is 3.50. The van der Waals surface area contributed by atoms with Crippen LogP contribution in [0.2, 0.25) is 0 Å². The van der Waals surface area contributed by atoms with Gasteiger partial charge in [-0.3, -0.25) is 9.69 Å². The summed E-state index contributed by atoms with van der Waals surface area (Å²) in [4.78, 5) is 16.0. The van der Waals surface area contributed by atoms with Gasteiger partial charge in [0.25, 0.3) is 0 Å². The fourth-order valence-electron chi connectivity index (χ4n) is 4.54. The normalized spacial score (nSPS) is 20.6. The van der Waals surface area contributed by atoms with Crippen molar-refractivity contribution in [1.82, 2.24) is 4.90 Å². The van der Waals surface area contributed by atoms with Crippen molar-refractivity contribution in [2.45, 2.75) is 57.5 Å². The average molecular weight is 453 g/mol. The van der Waals surface area contributed by atoms with E-state index in [0.717, 1.165) is 68.4 Å². The van der Waals surface area contributed by atoms with Crippen LogP contribution in [0.4, 0.5) is 5.69 Å². The van der Waals surface area contributed by atoms with Crippen molar-refractivity contribution in [1.29, 1.82) is 0 Å². The van der Waals surface area contributed by atoms with Crippen LogP contribution in [0.3, 0.4) is 0 Å². The Morgan fingerprint density at radius 1 is 1.06 bits per heavy atom. The highest BCUT2D eigenvalue weighted by Gasteiger charge is 2.23. The molecule has 1 aliphatic carbocycles. The van der Waals surface area contributed by atoms with Gasteiger partial charge in [-0.25, -0.2) is 0 Å². The summed E-state index contributed by atoms with van der Waals surface area (Å²) in [7, 11) is 0. The smallest absolute Gasteiger partial charge is 0.227 e. The van der Waals surface area contributed by atoms with Gasteiger partial charge in [-0.15, -0.1) is 0 Å². The Morgan fingerprint density at radius 2 is 1.85 bits per heavy atom. The number of aliphatic hydroxyl groups is 1. The molecule has 1 saturated carbocycles. The number of benzene rings is 2. The fraction of sp³-hybridized carbons (Fsp3) is 0.519. The molecule has 178 valence electrons. The van der Waals surface area contributed by atoms with E-state index in [-0.39, 0.29) is 12.0 Å². The van der Waals surface area contributed by atoms with Crippen molar-refractivity contribution < 1.29 is 19.7 Å². The quantitative estimate of drug-likeness (QED) is 0.662. The van der Waals surface area contributed by atoms with E-state index < -0.39 is 0 Å². The van der Waals surface area contributed by atoms with E-state index in [1.54, 1.807) is 12.1 Å². The van der Waals surface area contributed by atoms with E-state index >= 15 is 0 Å². The summed E-state index contributed by atoms with van der Waals surface area (Å²) in [6.07, 6.45) is 5.81. The summed E-state index contributed by atoms with van der Waals surface area (Å²) < 4.78 is 5.94. The zero-order chi connectivity index (χ0) is 23.2. The molecule has 6 nitrogen and oxygen atoms in total. The van der Waals surface area contributed by atoms with Crippen LogP contribution < -0.4 is 9.64 Å². The first-order valence-corrected chi connectivity index (χ1v) is 12.3. The summed E-state index contributed by atoms with van der Waals surface area (Å²) in [6.45, 7) is 6.09. The second-order valence-electron chi connectivity index (χ2n) is 9.25. The number of β-amino-alcohol motifs (C(OH)–C–C–N with tert-alkyl or cyclic N) is 1. The lowest BCUT2D eigenvalue weighted by molar-refractivity contribution is -0.117. The molecule has 0 spiro atoms. The molecule has 2 N–H and O–H groups in total. The number of anilines is 1. The van der Waals surface area contributed by atoms with Gasteiger partial charge in [-0.2, -0.15) is 0 Å². The molecule has 3 fully saturated rings. The maximum Gasteiger partial charge on any atom is 0.227 e. The summed E-state index contributed by atoms with van der Waals surface area (Å²) in [6, 6.07) is 13.6. The molecule has 5 rings (SSSR count). The Bertz CT molecular complexity index is 926. The number of rotatable bonds is 7. The molecule has 3 aliphatic rings. The average Bonchev–Trinajstić information content (AvgIpc) is 3.45. The zero-order valence-electron chi connectivity index (χ0n) is 19.6. The molecule has 2 aromatic carbocycles. The van der Waals surface area contributed by atoms with Gasteiger partial charge in [-0.1, -0.05) is 19.1 Å². The van der Waals surface area contributed by atoms with Gasteiger partial charge < -0.3 is 19.8 Å². The van der Waals surface area contributed by atoms with Crippen LogP contribution in [0.1, 0.15) is 56.1 Å². The Labute approximate surface area is 196 Å². The molecule has 0 unspecified atom stereocenters. The van der Waals surface area contributed by atoms with Crippen LogP contribution in [0.5, 0.6) is 11.5 Å². The molecule has 2 saturated heterocycles. The molecular formula is C27H36N2O4. The number of aryl methyl sites for hydroxylation is 1. The molecule has 1 atom stereocenters. The van der Waals surface area contributed by atoms with Crippen molar-refractivity contribution in [3.05, 3.63) is 53.6 Å². The number of phenolic OH excluding ortho intramolecular Hbond substituents is 1. The minimum absolute atomic E-state index is 0.182. The number of ether oxygens (including phenoxy) is 1. The van der Waals surface area contributed by atoms with Gasteiger partial charge in [0.1, 0.15) is 18.1 Å². The third-order valence-corrected chi connectivity index (χ3v) is 6.66. The summed E-state index contributed by atoms with van der Waals surface area (Å²) in [5.74, 6) is 2.28. The van der Waals surface area contributed by atoms with E-state index in [2.05, 4.69) is 17.9 Å². The van der Waals surface area contributed by atoms with Crippen molar-refractivity contribution in [3.8, 4) is 11.5 Å². The van der Waals surface area contributed by atoms with Crippen LogP contribution >= 0.6 is 0 Å². The predicted octanol–water partition coefficient (Wildman–Crippen LogP) is 4.09. The first-order chi connectivity index (χ1) is 16.0. The molecular weight excluding hydrogens is 416 g/mol. The van der Waals surface area contributed by atoms with Crippen molar-refractivity contribution in [2.75, 3.05) is 37.7 Å². The Balaban J connectivity index is 0.000000214. The lowest BCUT2D eigenvalue weighted by atomic mass is 10.1. The maximum absolute atomic E-state index is 11.9. The monoisotopic (exact) mass is 452 g/mol. The lowest BCUT2D eigenvalue weighted by Crippen LogP contribution is -2.27. The van der Waals surface area contributed by atoms with E-state index in [1.165, 1.54) is 18.4 Å². The molecule has 1 amide bonds. The van der Waals surface area contributed by atoms with Crippen molar-refractivity contribution >= 4 is 11.6 Å². The van der Waals surface area contributed by atoms with Gasteiger partial charge in [-0.05, 0) is 79.5 Å². The highest BCUT2D eigenvalue weighted by Crippen LogP contribution is 2.40. The lowest BCUT2D eigenvalue weighted by Gasteiger charge is -2.20. The minimum atomic E-state index is -0.182.